The smallest absolute Gasteiger partial charge is 0.0584 e. The molecule has 0 aromatic heterocycles. The SMILES string of the molecule is CCCCCCCC(CO)NCCN(CC)CC. The van der Waals surface area contributed by atoms with Gasteiger partial charge in [0.1, 0.15) is 0 Å². The zero-order valence-electron chi connectivity index (χ0n) is 12.7. The fourth-order valence-electron chi connectivity index (χ4n) is 2.22. The van der Waals surface area contributed by atoms with Crippen molar-refractivity contribution in [2.24, 2.45) is 0 Å². The molecule has 0 spiro atoms. The highest BCUT2D eigenvalue weighted by Crippen LogP contribution is 2.07. The van der Waals surface area contributed by atoms with Gasteiger partial charge in [-0.3, -0.25) is 0 Å². The number of rotatable bonds is 13. The van der Waals surface area contributed by atoms with Crippen LogP contribution in [0.3, 0.4) is 0 Å². The molecular weight excluding hydrogens is 224 g/mol. The number of nitrogens with one attached hydrogen (secondary N) is 1. The third-order valence-electron chi connectivity index (χ3n) is 3.63. The molecule has 1 atom stereocenters. The van der Waals surface area contributed by atoms with Gasteiger partial charge < -0.3 is 15.3 Å². The lowest BCUT2D eigenvalue weighted by Gasteiger charge is -2.21. The van der Waals surface area contributed by atoms with E-state index in [1.165, 1.54) is 32.1 Å². The minimum atomic E-state index is 0.270. The monoisotopic (exact) mass is 258 g/mol. The average molecular weight is 258 g/mol. The van der Waals surface area contributed by atoms with E-state index in [2.05, 4.69) is 31.0 Å². The Hall–Kier alpha value is -0.120. The average Bonchev–Trinajstić information content (AvgIpc) is 2.41. The van der Waals surface area contributed by atoms with Crippen molar-refractivity contribution in [1.29, 1.82) is 0 Å². The van der Waals surface area contributed by atoms with Gasteiger partial charge in [0.15, 0.2) is 0 Å². The van der Waals surface area contributed by atoms with E-state index in [9.17, 15) is 5.11 Å². The van der Waals surface area contributed by atoms with E-state index in [1.807, 2.05) is 0 Å². The van der Waals surface area contributed by atoms with Crippen LogP contribution >= 0.6 is 0 Å². The predicted molar refractivity (Wildman–Crippen MR) is 80.0 cm³/mol. The van der Waals surface area contributed by atoms with Crippen LogP contribution in [0.25, 0.3) is 0 Å². The second-order valence-corrected chi connectivity index (χ2v) is 5.06. The Kier molecular flexibility index (Phi) is 13.2. The van der Waals surface area contributed by atoms with Crippen molar-refractivity contribution in [3.63, 3.8) is 0 Å². The van der Waals surface area contributed by atoms with Crippen LogP contribution in [-0.2, 0) is 0 Å². The fourth-order valence-corrected chi connectivity index (χ4v) is 2.22. The molecule has 0 bridgehead atoms. The second-order valence-electron chi connectivity index (χ2n) is 5.06. The summed E-state index contributed by atoms with van der Waals surface area (Å²) in [6, 6.07) is 0.294. The van der Waals surface area contributed by atoms with Gasteiger partial charge in [-0.15, -0.1) is 0 Å². The van der Waals surface area contributed by atoms with Gasteiger partial charge in [-0.1, -0.05) is 52.9 Å². The first-order chi connectivity index (χ1) is 8.78. The maximum Gasteiger partial charge on any atom is 0.0584 e. The molecule has 0 aliphatic carbocycles. The molecule has 18 heavy (non-hydrogen) atoms. The van der Waals surface area contributed by atoms with E-state index in [-0.39, 0.29) is 6.61 Å². The number of nitrogens with zero attached hydrogens (tertiary/aromatic N) is 1. The molecule has 3 nitrogen and oxygen atoms in total. The van der Waals surface area contributed by atoms with Crippen LogP contribution in [0.15, 0.2) is 0 Å². The quantitative estimate of drug-likeness (QED) is 0.499. The summed E-state index contributed by atoms with van der Waals surface area (Å²) in [5.41, 5.74) is 0. The summed E-state index contributed by atoms with van der Waals surface area (Å²) in [4.78, 5) is 2.41. The molecule has 2 N–H and O–H groups in total. The van der Waals surface area contributed by atoms with Crippen LogP contribution in [0, 0.1) is 0 Å². The summed E-state index contributed by atoms with van der Waals surface area (Å²) >= 11 is 0. The van der Waals surface area contributed by atoms with Gasteiger partial charge in [0.2, 0.25) is 0 Å². The zero-order valence-corrected chi connectivity index (χ0v) is 12.7. The first-order valence-corrected chi connectivity index (χ1v) is 7.84. The number of aliphatic hydroxyl groups excluding tert-OH is 1. The van der Waals surface area contributed by atoms with Crippen molar-refractivity contribution in [2.75, 3.05) is 32.8 Å². The number of likely N-dealkylation sites (N-methyl/N-ethyl adjacent to an activating group) is 1. The molecule has 3 heteroatoms. The number of hydrogen-bond donors (Lipinski definition) is 2. The Morgan fingerprint density at radius 1 is 1.00 bits per heavy atom. The minimum Gasteiger partial charge on any atom is -0.395 e. The number of unbranched alkanes of at least 4 members (excludes halogenated alkanes) is 4. The Labute approximate surface area is 114 Å². The molecule has 0 aliphatic heterocycles. The second kappa shape index (κ2) is 13.3. The normalized spacial score (nSPS) is 13.2. The van der Waals surface area contributed by atoms with Crippen molar-refractivity contribution >= 4 is 0 Å². The van der Waals surface area contributed by atoms with Gasteiger partial charge in [0, 0.05) is 19.1 Å². The summed E-state index contributed by atoms with van der Waals surface area (Å²) in [6.07, 6.45) is 7.64. The molecule has 110 valence electrons. The first-order valence-electron chi connectivity index (χ1n) is 7.84. The van der Waals surface area contributed by atoms with Crippen molar-refractivity contribution < 1.29 is 5.11 Å². The molecular formula is C15H34N2O. The van der Waals surface area contributed by atoms with Crippen molar-refractivity contribution in [2.45, 2.75) is 65.3 Å². The largest absolute Gasteiger partial charge is 0.395 e. The van der Waals surface area contributed by atoms with Gasteiger partial charge in [-0.05, 0) is 19.5 Å². The first kappa shape index (κ1) is 17.9. The maximum atomic E-state index is 9.33. The molecule has 1 unspecified atom stereocenters. The molecule has 0 aromatic rings. The van der Waals surface area contributed by atoms with Crippen molar-refractivity contribution in [3.05, 3.63) is 0 Å². The molecule has 0 rings (SSSR count). The Morgan fingerprint density at radius 2 is 1.67 bits per heavy atom. The highest BCUT2D eigenvalue weighted by atomic mass is 16.3. The molecule has 0 fully saturated rings. The summed E-state index contributed by atoms with van der Waals surface area (Å²) in [7, 11) is 0. The number of hydrogen-bond acceptors (Lipinski definition) is 3. The summed E-state index contributed by atoms with van der Waals surface area (Å²) in [6.45, 7) is 11.2. The topological polar surface area (TPSA) is 35.5 Å². The summed E-state index contributed by atoms with van der Waals surface area (Å²) in [5, 5.41) is 12.8. The lowest BCUT2D eigenvalue weighted by Crippen LogP contribution is -2.39. The van der Waals surface area contributed by atoms with E-state index in [0.717, 1.165) is 32.6 Å². The van der Waals surface area contributed by atoms with Crippen LogP contribution in [0.1, 0.15) is 59.3 Å². The third kappa shape index (κ3) is 9.86. The maximum absolute atomic E-state index is 9.33. The van der Waals surface area contributed by atoms with E-state index < -0.39 is 0 Å². The fraction of sp³-hybridized carbons (Fsp3) is 1.00. The highest BCUT2D eigenvalue weighted by Gasteiger charge is 2.06. The highest BCUT2D eigenvalue weighted by molar-refractivity contribution is 4.67. The van der Waals surface area contributed by atoms with Crippen LogP contribution in [0.2, 0.25) is 0 Å². The van der Waals surface area contributed by atoms with Crippen molar-refractivity contribution in [1.82, 2.24) is 10.2 Å². The standard InChI is InChI=1S/C15H34N2O/c1-4-7-8-9-10-11-15(14-18)16-12-13-17(5-2)6-3/h15-16,18H,4-14H2,1-3H3. The number of aliphatic hydroxyl groups is 1. The van der Waals surface area contributed by atoms with E-state index >= 15 is 0 Å². The van der Waals surface area contributed by atoms with Crippen molar-refractivity contribution in [3.8, 4) is 0 Å². The lowest BCUT2D eigenvalue weighted by molar-refractivity contribution is 0.223. The summed E-state index contributed by atoms with van der Waals surface area (Å²) in [5.74, 6) is 0. The molecule has 0 aromatic carbocycles. The summed E-state index contributed by atoms with van der Waals surface area (Å²) < 4.78 is 0. The minimum absolute atomic E-state index is 0.270. The molecule has 0 saturated carbocycles. The third-order valence-corrected chi connectivity index (χ3v) is 3.63. The molecule has 0 aliphatic rings. The molecule has 0 saturated heterocycles. The van der Waals surface area contributed by atoms with E-state index in [0.29, 0.717) is 6.04 Å². The van der Waals surface area contributed by atoms with Crippen LogP contribution in [-0.4, -0.2) is 48.8 Å². The van der Waals surface area contributed by atoms with Gasteiger partial charge in [0.05, 0.1) is 6.61 Å². The van der Waals surface area contributed by atoms with E-state index in [4.69, 9.17) is 0 Å². The zero-order chi connectivity index (χ0) is 13.6. The van der Waals surface area contributed by atoms with Gasteiger partial charge in [-0.25, -0.2) is 0 Å². The molecule has 0 radical (unpaired) electrons. The molecule has 0 amide bonds. The van der Waals surface area contributed by atoms with Crippen LogP contribution < -0.4 is 5.32 Å². The Morgan fingerprint density at radius 3 is 2.22 bits per heavy atom. The van der Waals surface area contributed by atoms with E-state index in [1.54, 1.807) is 0 Å². The Bertz CT molecular complexity index is 161. The lowest BCUT2D eigenvalue weighted by atomic mass is 10.1. The Balaban J connectivity index is 3.51. The van der Waals surface area contributed by atoms with Gasteiger partial charge in [-0.2, -0.15) is 0 Å². The predicted octanol–water partition coefficient (Wildman–Crippen LogP) is 2.64. The molecule has 0 heterocycles. The van der Waals surface area contributed by atoms with Crippen LogP contribution in [0.5, 0.6) is 0 Å². The van der Waals surface area contributed by atoms with Gasteiger partial charge in [0.25, 0.3) is 0 Å². The van der Waals surface area contributed by atoms with Gasteiger partial charge >= 0.3 is 0 Å². The van der Waals surface area contributed by atoms with Crippen LogP contribution in [0.4, 0.5) is 0 Å².